The van der Waals surface area contributed by atoms with Gasteiger partial charge in [-0.15, -0.1) is 0 Å². The van der Waals surface area contributed by atoms with Crippen LogP contribution in [0.25, 0.3) is 0 Å². The quantitative estimate of drug-likeness (QED) is 0.738. The Morgan fingerprint density at radius 1 is 1.35 bits per heavy atom. The summed E-state index contributed by atoms with van der Waals surface area (Å²) in [5.41, 5.74) is 2.64. The van der Waals surface area contributed by atoms with Crippen LogP contribution in [-0.2, 0) is 11.3 Å². The average molecular weight is 343 g/mol. The fraction of sp³-hybridized carbons (Fsp3) is 0.625. The summed E-state index contributed by atoms with van der Waals surface area (Å²) in [5, 5.41) is 3.42. The highest BCUT2D eigenvalue weighted by Crippen LogP contribution is 2.27. The van der Waals surface area contributed by atoms with Crippen LogP contribution in [0.15, 0.2) is 22.7 Å². The van der Waals surface area contributed by atoms with Crippen molar-refractivity contribution < 1.29 is 4.74 Å². The second-order valence-corrected chi connectivity index (χ2v) is 5.91. The SMILES string of the molecule is CCNCc1cc(Br)ccc1N(CCOC)C(C)CC. The standard InChI is InChI=1S/C16H27BrN2O/c1-5-13(3)19(9-10-20-4)16-8-7-15(17)11-14(16)12-18-6-2/h7-8,11,13,18H,5-6,9-10,12H2,1-4H3. The molecule has 0 radical (unpaired) electrons. The lowest BCUT2D eigenvalue weighted by Crippen LogP contribution is -2.36. The van der Waals surface area contributed by atoms with E-state index in [0.717, 1.165) is 37.1 Å². The molecule has 1 aromatic carbocycles. The number of halogens is 1. The molecule has 0 aromatic heterocycles. The van der Waals surface area contributed by atoms with Gasteiger partial charge in [0.15, 0.2) is 0 Å². The van der Waals surface area contributed by atoms with Gasteiger partial charge in [0.1, 0.15) is 0 Å². The van der Waals surface area contributed by atoms with E-state index in [9.17, 15) is 0 Å². The van der Waals surface area contributed by atoms with Crippen LogP contribution >= 0.6 is 15.9 Å². The second-order valence-electron chi connectivity index (χ2n) is 5.00. The van der Waals surface area contributed by atoms with Crippen molar-refractivity contribution in [2.75, 3.05) is 31.7 Å². The number of anilines is 1. The molecule has 0 bridgehead atoms. The molecular formula is C16H27BrN2O. The van der Waals surface area contributed by atoms with Crippen molar-refractivity contribution in [2.45, 2.75) is 39.8 Å². The summed E-state index contributed by atoms with van der Waals surface area (Å²) in [6, 6.07) is 7.04. The van der Waals surface area contributed by atoms with E-state index in [1.807, 2.05) is 0 Å². The van der Waals surface area contributed by atoms with Crippen LogP contribution < -0.4 is 10.2 Å². The van der Waals surface area contributed by atoms with Crippen LogP contribution in [0.5, 0.6) is 0 Å². The first-order valence-corrected chi connectivity index (χ1v) is 8.18. The maximum Gasteiger partial charge on any atom is 0.0637 e. The number of methoxy groups -OCH3 is 1. The average Bonchev–Trinajstić information content (AvgIpc) is 2.46. The number of ether oxygens (including phenoxy) is 1. The highest BCUT2D eigenvalue weighted by atomic mass is 79.9. The Bertz CT molecular complexity index is 398. The molecule has 0 saturated heterocycles. The van der Waals surface area contributed by atoms with Gasteiger partial charge in [0.25, 0.3) is 0 Å². The van der Waals surface area contributed by atoms with Crippen molar-refractivity contribution in [1.29, 1.82) is 0 Å². The molecular weight excluding hydrogens is 316 g/mol. The van der Waals surface area contributed by atoms with E-state index in [0.29, 0.717) is 6.04 Å². The number of nitrogens with zero attached hydrogens (tertiary/aromatic N) is 1. The first-order chi connectivity index (χ1) is 9.63. The molecule has 0 spiro atoms. The van der Waals surface area contributed by atoms with E-state index in [1.54, 1.807) is 7.11 Å². The molecule has 0 saturated carbocycles. The Hall–Kier alpha value is -0.580. The molecule has 20 heavy (non-hydrogen) atoms. The zero-order valence-electron chi connectivity index (χ0n) is 13.1. The Kier molecular flexibility index (Phi) is 8.19. The summed E-state index contributed by atoms with van der Waals surface area (Å²) in [4.78, 5) is 2.45. The van der Waals surface area contributed by atoms with Gasteiger partial charge in [-0.3, -0.25) is 0 Å². The van der Waals surface area contributed by atoms with Crippen molar-refractivity contribution in [1.82, 2.24) is 5.32 Å². The zero-order valence-corrected chi connectivity index (χ0v) is 14.7. The Balaban J connectivity index is 3.03. The number of benzene rings is 1. The minimum atomic E-state index is 0.506. The second kappa shape index (κ2) is 9.37. The fourth-order valence-electron chi connectivity index (χ4n) is 2.22. The van der Waals surface area contributed by atoms with Crippen LogP contribution in [0.1, 0.15) is 32.8 Å². The van der Waals surface area contributed by atoms with E-state index in [2.05, 4.69) is 65.1 Å². The first-order valence-electron chi connectivity index (χ1n) is 7.38. The van der Waals surface area contributed by atoms with Crippen LogP contribution in [0.3, 0.4) is 0 Å². The molecule has 0 fully saturated rings. The Morgan fingerprint density at radius 2 is 2.10 bits per heavy atom. The molecule has 1 atom stereocenters. The molecule has 0 heterocycles. The molecule has 0 aliphatic carbocycles. The normalized spacial score (nSPS) is 12.4. The molecule has 3 nitrogen and oxygen atoms in total. The Labute approximate surface area is 131 Å². The van der Waals surface area contributed by atoms with Gasteiger partial charge < -0.3 is 15.0 Å². The predicted octanol–water partition coefficient (Wildman–Crippen LogP) is 3.81. The third-order valence-electron chi connectivity index (χ3n) is 3.58. The third-order valence-corrected chi connectivity index (χ3v) is 4.07. The van der Waals surface area contributed by atoms with E-state index in [4.69, 9.17) is 4.74 Å². The predicted molar refractivity (Wildman–Crippen MR) is 90.5 cm³/mol. The summed E-state index contributed by atoms with van der Waals surface area (Å²) in [6.07, 6.45) is 1.13. The topological polar surface area (TPSA) is 24.5 Å². The third kappa shape index (κ3) is 5.08. The zero-order chi connectivity index (χ0) is 15.0. The van der Waals surface area contributed by atoms with Crippen LogP contribution in [0, 0.1) is 0 Å². The minimum Gasteiger partial charge on any atom is -0.383 e. The van der Waals surface area contributed by atoms with Crippen LogP contribution in [0.2, 0.25) is 0 Å². The van der Waals surface area contributed by atoms with Gasteiger partial charge in [-0.1, -0.05) is 29.8 Å². The minimum absolute atomic E-state index is 0.506. The fourth-order valence-corrected chi connectivity index (χ4v) is 2.63. The number of nitrogens with one attached hydrogen (secondary N) is 1. The van der Waals surface area contributed by atoms with E-state index in [-0.39, 0.29) is 0 Å². The van der Waals surface area contributed by atoms with Crippen molar-refractivity contribution in [3.8, 4) is 0 Å². The molecule has 0 aliphatic heterocycles. The molecule has 1 N–H and O–H groups in total. The lowest BCUT2D eigenvalue weighted by Gasteiger charge is -2.32. The maximum atomic E-state index is 5.27. The number of hydrogen-bond donors (Lipinski definition) is 1. The number of rotatable bonds is 9. The monoisotopic (exact) mass is 342 g/mol. The van der Waals surface area contributed by atoms with Crippen molar-refractivity contribution >= 4 is 21.6 Å². The summed E-state index contributed by atoms with van der Waals surface area (Å²) >= 11 is 3.57. The summed E-state index contributed by atoms with van der Waals surface area (Å²) in [7, 11) is 1.76. The van der Waals surface area contributed by atoms with E-state index < -0.39 is 0 Å². The van der Waals surface area contributed by atoms with Gasteiger partial charge in [0, 0.05) is 36.4 Å². The summed E-state index contributed by atoms with van der Waals surface area (Å²) in [6.45, 7) is 10.2. The molecule has 0 amide bonds. The van der Waals surface area contributed by atoms with Crippen molar-refractivity contribution in [3.63, 3.8) is 0 Å². The molecule has 1 aromatic rings. The summed E-state index contributed by atoms with van der Waals surface area (Å²) in [5.74, 6) is 0. The Morgan fingerprint density at radius 3 is 2.70 bits per heavy atom. The lowest BCUT2D eigenvalue weighted by atomic mass is 10.1. The molecule has 114 valence electrons. The van der Waals surface area contributed by atoms with Gasteiger partial charge in [0.05, 0.1) is 6.61 Å². The van der Waals surface area contributed by atoms with Crippen LogP contribution in [-0.4, -0.2) is 32.8 Å². The molecule has 1 unspecified atom stereocenters. The highest BCUT2D eigenvalue weighted by Gasteiger charge is 2.16. The van der Waals surface area contributed by atoms with Gasteiger partial charge in [-0.25, -0.2) is 0 Å². The van der Waals surface area contributed by atoms with Crippen molar-refractivity contribution in [2.24, 2.45) is 0 Å². The van der Waals surface area contributed by atoms with E-state index in [1.165, 1.54) is 11.3 Å². The van der Waals surface area contributed by atoms with Crippen LogP contribution in [0.4, 0.5) is 5.69 Å². The smallest absolute Gasteiger partial charge is 0.0637 e. The van der Waals surface area contributed by atoms with Gasteiger partial charge in [0.2, 0.25) is 0 Å². The lowest BCUT2D eigenvalue weighted by molar-refractivity contribution is 0.203. The largest absolute Gasteiger partial charge is 0.383 e. The van der Waals surface area contributed by atoms with E-state index >= 15 is 0 Å². The summed E-state index contributed by atoms with van der Waals surface area (Å²) < 4.78 is 6.40. The van der Waals surface area contributed by atoms with Gasteiger partial charge >= 0.3 is 0 Å². The van der Waals surface area contributed by atoms with Gasteiger partial charge in [-0.05, 0) is 43.7 Å². The molecule has 0 aliphatic rings. The molecule has 1 rings (SSSR count). The van der Waals surface area contributed by atoms with Gasteiger partial charge in [-0.2, -0.15) is 0 Å². The van der Waals surface area contributed by atoms with Crippen molar-refractivity contribution in [3.05, 3.63) is 28.2 Å². The maximum absolute atomic E-state index is 5.27. The molecule has 4 heteroatoms. The highest BCUT2D eigenvalue weighted by molar-refractivity contribution is 9.10. The number of hydrogen-bond acceptors (Lipinski definition) is 3. The first kappa shape index (κ1) is 17.5.